The van der Waals surface area contributed by atoms with Crippen molar-refractivity contribution in [3.63, 3.8) is 0 Å². The summed E-state index contributed by atoms with van der Waals surface area (Å²) in [5, 5.41) is 3.37. The van der Waals surface area contributed by atoms with Gasteiger partial charge in [-0.3, -0.25) is 4.79 Å². The molecule has 0 fully saturated rings. The Morgan fingerprint density at radius 1 is 1.13 bits per heavy atom. The molecule has 0 aliphatic rings. The molecule has 3 aromatic rings. The van der Waals surface area contributed by atoms with E-state index in [9.17, 15) is 26.8 Å². The van der Waals surface area contributed by atoms with Gasteiger partial charge < -0.3 is 0 Å². The van der Waals surface area contributed by atoms with Crippen LogP contribution in [0.4, 0.5) is 14.5 Å². The number of nitrogens with zero attached hydrogens (tertiary/aromatic N) is 4. The Morgan fingerprint density at radius 3 is 2.26 bits per heavy atom. The minimum Gasteiger partial charge on any atom is -0.268 e. The van der Waals surface area contributed by atoms with Crippen molar-refractivity contribution in [3.05, 3.63) is 74.4 Å². The van der Waals surface area contributed by atoms with Gasteiger partial charge in [-0.25, -0.2) is 22.1 Å². The lowest BCUT2D eigenvalue weighted by atomic mass is 10.2. The number of aryl methyl sites for hydroxylation is 1. The van der Waals surface area contributed by atoms with E-state index in [1.807, 2.05) is 0 Å². The third-order valence-electron chi connectivity index (χ3n) is 4.18. The molecule has 0 aliphatic carbocycles. The highest BCUT2D eigenvalue weighted by atomic mass is 35.5. The van der Waals surface area contributed by atoms with Crippen molar-refractivity contribution in [3.8, 4) is 5.69 Å². The molecular formula is C18H14Cl2F2N4O4S. The van der Waals surface area contributed by atoms with Gasteiger partial charge in [0.05, 0.1) is 27.7 Å². The second kappa shape index (κ2) is 8.40. The van der Waals surface area contributed by atoms with E-state index in [0.717, 1.165) is 18.4 Å². The molecule has 1 heterocycles. The van der Waals surface area contributed by atoms with Crippen molar-refractivity contribution in [2.45, 2.75) is 13.5 Å². The van der Waals surface area contributed by atoms with Gasteiger partial charge in [0.15, 0.2) is 0 Å². The van der Waals surface area contributed by atoms with Crippen LogP contribution >= 0.6 is 23.2 Å². The van der Waals surface area contributed by atoms with Gasteiger partial charge >= 0.3 is 12.2 Å². The first-order chi connectivity index (χ1) is 14.4. The average Bonchev–Trinajstić information content (AvgIpc) is 2.97. The summed E-state index contributed by atoms with van der Waals surface area (Å²) in [6.45, 7) is -1.96. The molecule has 8 nitrogen and oxygen atoms in total. The third-order valence-corrected chi connectivity index (χ3v) is 5.81. The molecule has 0 atom stereocenters. The molecule has 1 aromatic heterocycles. The van der Waals surface area contributed by atoms with Crippen LogP contribution in [0, 0.1) is 6.92 Å². The van der Waals surface area contributed by atoms with Gasteiger partial charge in [-0.05, 0) is 31.2 Å². The summed E-state index contributed by atoms with van der Waals surface area (Å²) in [6, 6.07) is 9.66. The van der Waals surface area contributed by atoms with E-state index >= 15 is 0 Å². The van der Waals surface area contributed by atoms with E-state index in [1.54, 1.807) is 18.2 Å². The Labute approximate surface area is 185 Å². The van der Waals surface area contributed by atoms with E-state index in [-0.39, 0.29) is 37.4 Å². The Bertz CT molecular complexity index is 1320. The zero-order chi connectivity index (χ0) is 23.1. The maximum absolute atomic E-state index is 13.2. The van der Waals surface area contributed by atoms with Crippen LogP contribution in [-0.4, -0.2) is 34.9 Å². The molecule has 0 aliphatic heterocycles. The molecule has 1 amide bonds. The highest BCUT2D eigenvalue weighted by Gasteiger charge is 2.30. The van der Waals surface area contributed by atoms with E-state index in [2.05, 4.69) is 5.10 Å². The normalized spacial score (nSPS) is 11.7. The van der Waals surface area contributed by atoms with E-state index in [1.165, 1.54) is 19.1 Å². The van der Waals surface area contributed by atoms with Crippen molar-refractivity contribution >= 4 is 44.8 Å². The van der Waals surface area contributed by atoms with E-state index in [0.29, 0.717) is 8.99 Å². The smallest absolute Gasteiger partial charge is 0.268 e. The largest absolute Gasteiger partial charge is 0.355 e. The standard InChI is InChI=1S/C18H14Cl2F2N4O4S/c1-10-23-25(18(28)24(10)17(21)22)14-9-15(13(20)8-12(14)19)26(31(2,29)30)16(27)11-6-4-3-5-7-11/h3-9,17H,1-2H3. The predicted molar refractivity (Wildman–Crippen MR) is 112 cm³/mol. The van der Waals surface area contributed by atoms with Crippen LogP contribution in [0.5, 0.6) is 0 Å². The predicted octanol–water partition coefficient (Wildman–Crippen LogP) is 3.65. The number of carbonyl (C=O) groups excluding carboxylic acids is 1. The van der Waals surface area contributed by atoms with Crippen molar-refractivity contribution < 1.29 is 22.0 Å². The monoisotopic (exact) mass is 490 g/mol. The lowest BCUT2D eigenvalue weighted by Gasteiger charge is -2.22. The molecule has 0 N–H and O–H groups in total. The number of hydrogen-bond acceptors (Lipinski definition) is 5. The van der Waals surface area contributed by atoms with Crippen LogP contribution in [0.15, 0.2) is 47.3 Å². The van der Waals surface area contributed by atoms with Crippen molar-refractivity contribution in [2.75, 3.05) is 10.6 Å². The highest BCUT2D eigenvalue weighted by Crippen LogP contribution is 2.35. The van der Waals surface area contributed by atoms with Crippen LogP contribution in [0.2, 0.25) is 10.0 Å². The summed E-state index contributed by atoms with van der Waals surface area (Å²) >= 11 is 12.3. The van der Waals surface area contributed by atoms with Gasteiger partial charge in [-0.2, -0.15) is 13.5 Å². The Kier molecular flexibility index (Phi) is 6.21. The maximum atomic E-state index is 13.2. The summed E-state index contributed by atoms with van der Waals surface area (Å²) in [6.07, 6.45) is 0.792. The molecule has 0 unspecified atom stereocenters. The highest BCUT2D eigenvalue weighted by molar-refractivity contribution is 7.92. The molecule has 0 radical (unpaired) electrons. The van der Waals surface area contributed by atoms with Gasteiger partial charge in [0.1, 0.15) is 5.82 Å². The van der Waals surface area contributed by atoms with Crippen LogP contribution in [0.25, 0.3) is 5.69 Å². The molecule has 3 rings (SSSR count). The van der Waals surface area contributed by atoms with Crippen molar-refractivity contribution in [1.82, 2.24) is 14.3 Å². The molecule has 0 saturated carbocycles. The van der Waals surface area contributed by atoms with Crippen LogP contribution in [0.1, 0.15) is 22.7 Å². The van der Waals surface area contributed by atoms with E-state index < -0.39 is 28.2 Å². The summed E-state index contributed by atoms with van der Waals surface area (Å²) in [5.41, 5.74) is -1.71. The number of rotatable bonds is 5. The second-order valence-corrected chi connectivity index (χ2v) is 8.99. The number of alkyl halides is 2. The molecule has 0 saturated heterocycles. The number of aromatic nitrogens is 3. The quantitative estimate of drug-likeness (QED) is 0.543. The lowest BCUT2D eigenvalue weighted by molar-refractivity contribution is 0.0640. The van der Waals surface area contributed by atoms with Crippen LogP contribution in [0.3, 0.4) is 0 Å². The topological polar surface area (TPSA) is 94.3 Å². The number of hydrogen-bond donors (Lipinski definition) is 0. The molecule has 2 aromatic carbocycles. The summed E-state index contributed by atoms with van der Waals surface area (Å²) in [5.74, 6) is -1.21. The maximum Gasteiger partial charge on any atom is 0.355 e. The summed E-state index contributed by atoms with van der Waals surface area (Å²) in [4.78, 5) is 25.4. The van der Waals surface area contributed by atoms with Crippen molar-refractivity contribution in [2.24, 2.45) is 0 Å². The third kappa shape index (κ3) is 4.34. The molecule has 0 bridgehead atoms. The Balaban J connectivity index is 2.26. The zero-order valence-corrected chi connectivity index (χ0v) is 18.3. The SMILES string of the molecule is Cc1nn(-c2cc(N(C(=O)c3ccccc3)S(C)(=O)=O)c(Cl)cc2Cl)c(=O)n1C(F)F. The molecule has 13 heteroatoms. The molecule has 164 valence electrons. The zero-order valence-electron chi connectivity index (χ0n) is 16.0. The summed E-state index contributed by atoms with van der Waals surface area (Å²) in [7, 11) is -4.20. The van der Waals surface area contributed by atoms with Crippen LogP contribution in [-0.2, 0) is 10.0 Å². The van der Waals surface area contributed by atoms with Gasteiger partial charge in [0.25, 0.3) is 5.91 Å². The fourth-order valence-corrected chi connectivity index (χ4v) is 4.35. The minimum atomic E-state index is -4.20. The molecule has 0 spiro atoms. The van der Waals surface area contributed by atoms with E-state index in [4.69, 9.17) is 23.2 Å². The van der Waals surface area contributed by atoms with Gasteiger partial charge in [-0.15, -0.1) is 5.10 Å². The molecular weight excluding hydrogens is 477 g/mol. The molecule has 31 heavy (non-hydrogen) atoms. The Morgan fingerprint density at radius 2 is 1.74 bits per heavy atom. The number of halogens is 4. The first-order valence-electron chi connectivity index (χ1n) is 8.49. The fourth-order valence-electron chi connectivity index (χ4n) is 2.84. The fraction of sp³-hybridized carbons (Fsp3) is 0.167. The van der Waals surface area contributed by atoms with Crippen molar-refractivity contribution in [1.29, 1.82) is 0 Å². The summed E-state index contributed by atoms with van der Waals surface area (Å²) < 4.78 is 52.4. The number of sulfonamides is 1. The van der Waals surface area contributed by atoms with Gasteiger partial charge in [-0.1, -0.05) is 41.4 Å². The number of carbonyl (C=O) groups is 1. The number of amides is 1. The second-order valence-electron chi connectivity index (χ2n) is 6.34. The van der Waals surface area contributed by atoms with Gasteiger partial charge in [0, 0.05) is 5.56 Å². The average molecular weight is 491 g/mol. The minimum absolute atomic E-state index is 0.0514. The number of benzene rings is 2. The lowest BCUT2D eigenvalue weighted by Crippen LogP contribution is -2.36. The van der Waals surface area contributed by atoms with Gasteiger partial charge in [0.2, 0.25) is 10.0 Å². The Hall–Kier alpha value is -2.76. The first kappa shape index (κ1) is 22.9. The first-order valence-corrected chi connectivity index (χ1v) is 11.1. The number of anilines is 1. The van der Waals surface area contributed by atoms with Crippen LogP contribution < -0.4 is 9.99 Å².